The van der Waals surface area contributed by atoms with Crippen molar-refractivity contribution in [2.45, 2.75) is 13.8 Å². The Morgan fingerprint density at radius 1 is 1.56 bits per heavy atom. The van der Waals surface area contributed by atoms with Crippen LogP contribution in [0.2, 0.25) is 5.02 Å². The quantitative estimate of drug-likeness (QED) is 0.790. The number of rotatable bonds is 4. The minimum Gasteiger partial charge on any atom is -0.485 e. The van der Waals surface area contributed by atoms with Crippen LogP contribution in [-0.2, 0) is 4.79 Å². The lowest BCUT2D eigenvalue weighted by atomic mass is 10.1. The van der Waals surface area contributed by atoms with Gasteiger partial charge in [0, 0.05) is 12.0 Å². The minimum atomic E-state index is -0.572. The molecule has 0 radical (unpaired) electrons. The Hall–Kier alpha value is -0.610. The van der Waals surface area contributed by atoms with Crippen LogP contribution in [0.4, 0.5) is 4.39 Å². The minimum absolute atomic E-state index is 0.00871. The lowest BCUT2D eigenvalue weighted by Gasteiger charge is -2.09. The summed E-state index contributed by atoms with van der Waals surface area (Å²) in [5, 5.41) is 0.00871. The third-order valence-electron chi connectivity index (χ3n) is 1.99. The number of halogens is 3. The van der Waals surface area contributed by atoms with E-state index in [1.165, 1.54) is 6.07 Å². The molecule has 0 aliphatic heterocycles. The molecule has 0 saturated carbocycles. The van der Waals surface area contributed by atoms with Gasteiger partial charge in [0.15, 0.2) is 5.78 Å². The fourth-order valence-electron chi connectivity index (χ4n) is 0.930. The van der Waals surface area contributed by atoms with E-state index in [-0.39, 0.29) is 29.1 Å². The zero-order valence-corrected chi connectivity index (χ0v) is 11.2. The topological polar surface area (TPSA) is 26.3 Å². The van der Waals surface area contributed by atoms with Gasteiger partial charge in [-0.15, -0.1) is 0 Å². The summed E-state index contributed by atoms with van der Waals surface area (Å²) in [5.74, 6) is -0.439. The van der Waals surface area contributed by atoms with Crippen LogP contribution < -0.4 is 4.74 Å². The Bertz CT molecular complexity index is 407. The van der Waals surface area contributed by atoms with Crippen molar-refractivity contribution in [2.24, 2.45) is 5.92 Å². The molecular weight excluding hydrogens is 298 g/mol. The average Bonchev–Trinajstić information content (AvgIpc) is 2.20. The van der Waals surface area contributed by atoms with Gasteiger partial charge in [-0.25, -0.2) is 4.39 Å². The molecule has 1 aromatic rings. The number of Topliss-reactive ketones (excluding diaryl/α,β-unsaturated/α-hetero) is 1. The molecule has 0 aliphatic rings. The average molecular weight is 310 g/mol. The summed E-state index contributed by atoms with van der Waals surface area (Å²) >= 11 is 8.75. The summed E-state index contributed by atoms with van der Waals surface area (Å²) in [7, 11) is 0. The highest BCUT2D eigenvalue weighted by Crippen LogP contribution is 2.30. The lowest BCUT2D eigenvalue weighted by Crippen LogP contribution is -2.17. The normalized spacial score (nSPS) is 10.6. The van der Waals surface area contributed by atoms with E-state index in [1.54, 1.807) is 13.8 Å². The van der Waals surface area contributed by atoms with Crippen LogP contribution in [-0.4, -0.2) is 12.4 Å². The van der Waals surface area contributed by atoms with Crippen molar-refractivity contribution in [1.29, 1.82) is 0 Å². The van der Waals surface area contributed by atoms with Crippen molar-refractivity contribution in [2.75, 3.05) is 6.61 Å². The number of ether oxygens (including phenoxy) is 1. The third-order valence-corrected chi connectivity index (χ3v) is 2.90. The van der Waals surface area contributed by atoms with Crippen molar-refractivity contribution >= 4 is 33.3 Å². The van der Waals surface area contributed by atoms with Crippen LogP contribution in [0.3, 0.4) is 0 Å². The fourth-order valence-corrected chi connectivity index (χ4v) is 1.68. The number of hydrogen-bond acceptors (Lipinski definition) is 2. The highest BCUT2D eigenvalue weighted by atomic mass is 79.9. The van der Waals surface area contributed by atoms with Gasteiger partial charge in [-0.2, -0.15) is 0 Å². The standard InChI is InChI=1S/C11H11BrClFO2/c1-6(2)10(15)5-16-11-4-9(14)8(13)3-7(11)12/h3-4,6H,5H2,1-2H3. The Labute approximate surface area is 107 Å². The molecule has 0 heterocycles. The molecular formula is C11H11BrClFO2. The van der Waals surface area contributed by atoms with Gasteiger partial charge in [0.25, 0.3) is 0 Å². The summed E-state index contributed by atoms with van der Waals surface area (Å²) in [5.41, 5.74) is 0. The predicted molar refractivity (Wildman–Crippen MR) is 64.5 cm³/mol. The molecule has 0 N–H and O–H groups in total. The smallest absolute Gasteiger partial charge is 0.172 e. The molecule has 16 heavy (non-hydrogen) atoms. The predicted octanol–water partition coefficient (Wildman–Crippen LogP) is 3.85. The third kappa shape index (κ3) is 3.46. The van der Waals surface area contributed by atoms with Gasteiger partial charge in [-0.05, 0) is 22.0 Å². The van der Waals surface area contributed by atoms with E-state index in [9.17, 15) is 9.18 Å². The van der Waals surface area contributed by atoms with Gasteiger partial charge in [0.1, 0.15) is 18.2 Å². The molecule has 0 aliphatic carbocycles. The molecule has 5 heteroatoms. The van der Waals surface area contributed by atoms with Gasteiger partial charge in [-0.3, -0.25) is 4.79 Å². The Balaban J connectivity index is 2.75. The second-order valence-electron chi connectivity index (χ2n) is 3.61. The van der Waals surface area contributed by atoms with E-state index in [0.29, 0.717) is 4.47 Å². The first-order valence-electron chi connectivity index (χ1n) is 4.72. The first kappa shape index (κ1) is 13.5. The molecule has 0 spiro atoms. The summed E-state index contributed by atoms with van der Waals surface area (Å²) in [6.07, 6.45) is 0. The van der Waals surface area contributed by atoms with Crippen LogP contribution in [0.1, 0.15) is 13.8 Å². The Morgan fingerprint density at radius 2 is 2.19 bits per heavy atom. The van der Waals surface area contributed by atoms with Crippen molar-refractivity contribution in [1.82, 2.24) is 0 Å². The SMILES string of the molecule is CC(C)C(=O)COc1cc(F)c(Cl)cc1Br. The number of ketones is 1. The van der Waals surface area contributed by atoms with Crippen LogP contribution in [0.25, 0.3) is 0 Å². The number of carbonyl (C=O) groups excluding carboxylic acids is 1. The zero-order valence-electron chi connectivity index (χ0n) is 8.89. The first-order chi connectivity index (χ1) is 7.41. The number of hydrogen-bond donors (Lipinski definition) is 0. The van der Waals surface area contributed by atoms with E-state index in [0.717, 1.165) is 6.07 Å². The molecule has 0 unspecified atom stereocenters. The van der Waals surface area contributed by atoms with Gasteiger partial charge in [0.05, 0.1) is 9.50 Å². The highest BCUT2D eigenvalue weighted by molar-refractivity contribution is 9.10. The van der Waals surface area contributed by atoms with Crippen LogP contribution >= 0.6 is 27.5 Å². The molecule has 0 aromatic heterocycles. The Kier molecular flexibility index (Phi) is 4.74. The van der Waals surface area contributed by atoms with Crippen molar-refractivity contribution in [3.05, 3.63) is 27.4 Å². The molecule has 0 bridgehead atoms. The molecule has 0 saturated heterocycles. The maximum Gasteiger partial charge on any atom is 0.172 e. The van der Waals surface area contributed by atoms with E-state index in [1.807, 2.05) is 0 Å². The maximum atomic E-state index is 13.1. The van der Waals surface area contributed by atoms with Crippen molar-refractivity contribution < 1.29 is 13.9 Å². The van der Waals surface area contributed by atoms with Gasteiger partial charge in [0.2, 0.25) is 0 Å². The molecule has 0 atom stereocenters. The first-order valence-corrected chi connectivity index (χ1v) is 5.89. The molecule has 1 aromatic carbocycles. The van der Waals surface area contributed by atoms with Crippen molar-refractivity contribution in [3.63, 3.8) is 0 Å². The van der Waals surface area contributed by atoms with Gasteiger partial charge in [-0.1, -0.05) is 25.4 Å². The molecule has 88 valence electrons. The molecule has 2 nitrogen and oxygen atoms in total. The molecule has 0 fully saturated rings. The number of carbonyl (C=O) groups is 1. The second kappa shape index (κ2) is 5.64. The maximum absolute atomic E-state index is 13.1. The zero-order chi connectivity index (χ0) is 12.3. The molecule has 0 amide bonds. The Morgan fingerprint density at radius 3 is 2.75 bits per heavy atom. The van der Waals surface area contributed by atoms with Gasteiger partial charge >= 0.3 is 0 Å². The largest absolute Gasteiger partial charge is 0.485 e. The second-order valence-corrected chi connectivity index (χ2v) is 4.87. The van der Waals surface area contributed by atoms with Crippen LogP contribution in [0, 0.1) is 11.7 Å². The highest BCUT2D eigenvalue weighted by Gasteiger charge is 2.11. The monoisotopic (exact) mass is 308 g/mol. The van der Waals surface area contributed by atoms with E-state index >= 15 is 0 Å². The fraction of sp³-hybridized carbons (Fsp3) is 0.364. The van der Waals surface area contributed by atoms with E-state index < -0.39 is 5.82 Å². The summed E-state index contributed by atoms with van der Waals surface area (Å²) < 4.78 is 18.8. The lowest BCUT2D eigenvalue weighted by molar-refractivity contribution is -0.123. The number of benzene rings is 1. The van der Waals surface area contributed by atoms with Crippen LogP contribution in [0.5, 0.6) is 5.75 Å². The van der Waals surface area contributed by atoms with Crippen LogP contribution in [0.15, 0.2) is 16.6 Å². The van der Waals surface area contributed by atoms with E-state index in [2.05, 4.69) is 15.9 Å². The van der Waals surface area contributed by atoms with E-state index in [4.69, 9.17) is 16.3 Å². The van der Waals surface area contributed by atoms with Gasteiger partial charge < -0.3 is 4.74 Å². The summed E-state index contributed by atoms with van der Waals surface area (Å²) in [6.45, 7) is 3.49. The summed E-state index contributed by atoms with van der Waals surface area (Å²) in [4.78, 5) is 11.3. The molecule has 1 rings (SSSR count). The summed E-state index contributed by atoms with van der Waals surface area (Å²) in [6, 6.07) is 2.55. The van der Waals surface area contributed by atoms with Crippen molar-refractivity contribution in [3.8, 4) is 5.75 Å².